The summed E-state index contributed by atoms with van der Waals surface area (Å²) in [6.07, 6.45) is 0.849. The van der Waals surface area contributed by atoms with Crippen molar-refractivity contribution in [3.05, 3.63) is 12.2 Å². The Morgan fingerprint density at radius 1 is 1.33 bits per heavy atom. The fraction of sp³-hybridized carbons (Fsp3) is 0.750. The van der Waals surface area contributed by atoms with Gasteiger partial charge in [-0.25, -0.2) is 4.79 Å². The number of carbonyl (C=O) groups excluding carboxylic acids is 1. The molecule has 0 rings (SSSR count). The first-order chi connectivity index (χ1) is 8.45. The van der Waals surface area contributed by atoms with Crippen LogP contribution in [-0.4, -0.2) is 42.9 Å². The van der Waals surface area contributed by atoms with Crippen LogP contribution in [0.1, 0.15) is 27.2 Å². The highest BCUT2D eigenvalue weighted by Gasteiger charge is 2.29. The van der Waals surface area contributed by atoms with Crippen LogP contribution < -0.4 is 0 Å². The highest BCUT2D eigenvalue weighted by Crippen LogP contribution is 2.13. The Morgan fingerprint density at radius 3 is 2.50 bits per heavy atom. The second kappa shape index (κ2) is 9.49. The van der Waals surface area contributed by atoms with Gasteiger partial charge in [-0.3, -0.25) is 0 Å². The lowest BCUT2D eigenvalue weighted by Crippen LogP contribution is -2.43. The van der Waals surface area contributed by atoms with E-state index in [0.717, 1.165) is 25.7 Å². The topological polar surface area (TPSA) is 44.8 Å². The summed E-state index contributed by atoms with van der Waals surface area (Å²) in [6, 6.07) is 0.997. The van der Waals surface area contributed by atoms with Gasteiger partial charge >= 0.3 is 5.97 Å². The minimum atomic E-state index is -1.67. The molecule has 6 heteroatoms. The lowest BCUT2D eigenvalue weighted by molar-refractivity contribution is -0.138. The van der Waals surface area contributed by atoms with E-state index < -0.39 is 17.1 Å². The quantitative estimate of drug-likeness (QED) is 0.266. The zero-order chi connectivity index (χ0) is 14.0. The average molecular weight is 291 g/mol. The largest absolute Gasteiger partial charge is 0.462 e. The van der Waals surface area contributed by atoms with E-state index in [1.165, 1.54) is 0 Å². The van der Waals surface area contributed by atoms with Crippen molar-refractivity contribution in [2.75, 3.05) is 19.8 Å². The first-order valence-corrected chi connectivity index (χ1v) is 12.0. The van der Waals surface area contributed by atoms with Crippen LogP contribution in [0, 0.1) is 0 Å². The smallest absolute Gasteiger partial charge is 0.333 e. The summed E-state index contributed by atoms with van der Waals surface area (Å²) in [5.41, 5.74) is 0.448. The first-order valence-electron chi connectivity index (χ1n) is 6.49. The predicted octanol–water partition coefficient (Wildman–Crippen LogP) is 1.72. The molecule has 18 heavy (non-hydrogen) atoms. The second-order valence-electron chi connectivity index (χ2n) is 4.54. The number of carbonyl (C=O) groups is 1. The molecule has 1 unspecified atom stereocenters. The summed E-state index contributed by atoms with van der Waals surface area (Å²) >= 11 is 0. The Morgan fingerprint density at radius 2 is 2.00 bits per heavy atom. The molecule has 0 saturated heterocycles. The van der Waals surface area contributed by atoms with Crippen molar-refractivity contribution in [1.82, 2.24) is 0 Å². The molecule has 4 nitrogen and oxygen atoms in total. The zero-order valence-electron chi connectivity index (χ0n) is 12.1. The van der Waals surface area contributed by atoms with Crippen LogP contribution in [0.5, 0.6) is 0 Å². The number of hydrogen-bond acceptors (Lipinski definition) is 4. The number of hydrogen-bond donors (Lipinski definition) is 0. The van der Waals surface area contributed by atoms with Crippen LogP contribution in [0.4, 0.5) is 0 Å². The standard InChI is InChI=1S/C12H26O4Si2/c1-6-15-17-18(5,16-7-2)10-8-9-14-12(13)11(3)4/h3,6-10,17H2,1-2,4-5H3. The van der Waals surface area contributed by atoms with Gasteiger partial charge < -0.3 is 13.6 Å². The molecular formula is C12H26O4Si2. The van der Waals surface area contributed by atoms with Crippen LogP contribution in [0.25, 0.3) is 0 Å². The summed E-state index contributed by atoms with van der Waals surface area (Å²) in [5, 5.41) is 0. The summed E-state index contributed by atoms with van der Waals surface area (Å²) in [5.74, 6) is -0.308. The highest BCUT2D eigenvalue weighted by molar-refractivity contribution is 7.18. The summed E-state index contributed by atoms with van der Waals surface area (Å²) in [6.45, 7) is 13.4. The molecule has 0 saturated carbocycles. The second-order valence-corrected chi connectivity index (χ2v) is 14.3. The molecule has 0 amide bonds. The molecule has 0 aromatic carbocycles. The first kappa shape index (κ1) is 17.6. The average Bonchev–Trinajstić information content (AvgIpc) is 2.32. The van der Waals surface area contributed by atoms with E-state index >= 15 is 0 Å². The molecule has 0 aromatic heterocycles. The minimum Gasteiger partial charge on any atom is -0.462 e. The number of ether oxygens (including phenoxy) is 1. The molecule has 0 bridgehead atoms. The van der Waals surface area contributed by atoms with E-state index in [4.69, 9.17) is 13.6 Å². The molecule has 0 aliphatic rings. The van der Waals surface area contributed by atoms with E-state index in [1.54, 1.807) is 6.92 Å². The Balaban J connectivity index is 3.96. The summed E-state index contributed by atoms with van der Waals surface area (Å²) in [7, 11) is -2.25. The Kier molecular flexibility index (Phi) is 9.26. The van der Waals surface area contributed by atoms with Crippen LogP contribution >= 0.6 is 0 Å². The lowest BCUT2D eigenvalue weighted by atomic mass is 10.4. The minimum absolute atomic E-state index is 0.308. The molecule has 0 radical (unpaired) electrons. The van der Waals surface area contributed by atoms with Gasteiger partial charge in [0.05, 0.1) is 6.61 Å². The molecule has 1 atom stereocenters. The Bertz CT molecular complexity index is 271. The van der Waals surface area contributed by atoms with Crippen molar-refractivity contribution in [2.45, 2.75) is 39.8 Å². The van der Waals surface area contributed by atoms with Crippen LogP contribution in [0.2, 0.25) is 12.6 Å². The molecule has 106 valence electrons. The molecular weight excluding hydrogens is 264 g/mol. The van der Waals surface area contributed by atoms with E-state index in [0.29, 0.717) is 12.2 Å². The highest BCUT2D eigenvalue weighted by atomic mass is 29.2. The fourth-order valence-electron chi connectivity index (χ4n) is 1.59. The van der Waals surface area contributed by atoms with Gasteiger partial charge in [0.15, 0.2) is 9.28 Å². The van der Waals surface area contributed by atoms with Crippen LogP contribution in [0.3, 0.4) is 0 Å². The third kappa shape index (κ3) is 7.81. The molecule has 0 heterocycles. The van der Waals surface area contributed by atoms with Gasteiger partial charge in [0.1, 0.15) is 0 Å². The molecule has 0 aliphatic carbocycles. The van der Waals surface area contributed by atoms with Gasteiger partial charge in [0.25, 0.3) is 0 Å². The fourth-order valence-corrected chi connectivity index (χ4v) is 8.14. The van der Waals surface area contributed by atoms with Gasteiger partial charge in [-0.15, -0.1) is 0 Å². The van der Waals surface area contributed by atoms with Crippen LogP contribution in [0.15, 0.2) is 12.2 Å². The van der Waals surface area contributed by atoms with Gasteiger partial charge in [-0.05, 0) is 39.8 Å². The Labute approximate surface area is 114 Å². The number of rotatable bonds is 10. The predicted molar refractivity (Wildman–Crippen MR) is 78.6 cm³/mol. The van der Waals surface area contributed by atoms with Crippen molar-refractivity contribution in [3.8, 4) is 0 Å². The third-order valence-corrected chi connectivity index (χ3v) is 10.3. The molecule has 0 N–H and O–H groups in total. The van der Waals surface area contributed by atoms with E-state index in [9.17, 15) is 4.79 Å². The maximum absolute atomic E-state index is 11.2. The van der Waals surface area contributed by atoms with Gasteiger partial charge in [0, 0.05) is 18.8 Å². The van der Waals surface area contributed by atoms with Gasteiger partial charge in [-0.2, -0.15) is 0 Å². The maximum Gasteiger partial charge on any atom is 0.333 e. The Hall–Kier alpha value is -0.436. The van der Waals surface area contributed by atoms with Crippen molar-refractivity contribution in [1.29, 1.82) is 0 Å². The number of esters is 1. The van der Waals surface area contributed by atoms with Crippen molar-refractivity contribution in [2.24, 2.45) is 0 Å². The summed E-state index contributed by atoms with van der Waals surface area (Å²) in [4.78, 5) is 11.2. The van der Waals surface area contributed by atoms with Crippen molar-refractivity contribution in [3.63, 3.8) is 0 Å². The van der Waals surface area contributed by atoms with Gasteiger partial charge in [-0.1, -0.05) is 6.58 Å². The normalized spacial score (nSPS) is 14.7. The monoisotopic (exact) mass is 290 g/mol. The SMILES string of the molecule is C=C(C)C(=O)OCCC[Si](C)(OCC)[SiH2]OCC. The summed E-state index contributed by atoms with van der Waals surface area (Å²) < 4.78 is 16.6. The molecule has 0 fully saturated rings. The van der Waals surface area contributed by atoms with E-state index in [-0.39, 0.29) is 5.97 Å². The van der Waals surface area contributed by atoms with Crippen molar-refractivity contribution >= 4 is 23.1 Å². The molecule has 0 aromatic rings. The third-order valence-electron chi connectivity index (χ3n) is 2.54. The molecule has 0 spiro atoms. The maximum atomic E-state index is 11.2. The van der Waals surface area contributed by atoms with E-state index in [1.807, 2.05) is 13.8 Å². The zero-order valence-corrected chi connectivity index (χ0v) is 14.5. The lowest BCUT2D eigenvalue weighted by Gasteiger charge is -2.25. The van der Waals surface area contributed by atoms with Gasteiger partial charge in [0.2, 0.25) is 7.83 Å². The molecule has 0 aliphatic heterocycles. The van der Waals surface area contributed by atoms with E-state index in [2.05, 4.69) is 13.1 Å². The van der Waals surface area contributed by atoms with Crippen LogP contribution in [-0.2, 0) is 18.4 Å². The van der Waals surface area contributed by atoms with Crippen molar-refractivity contribution < 1.29 is 18.4 Å².